The summed E-state index contributed by atoms with van der Waals surface area (Å²) < 4.78 is 5.10. The van der Waals surface area contributed by atoms with E-state index in [2.05, 4.69) is 0 Å². The number of barbiturate groups is 1. The average Bonchev–Trinajstić information content (AvgIpc) is 2.82. The third-order valence-electron chi connectivity index (χ3n) is 4.90. The summed E-state index contributed by atoms with van der Waals surface area (Å²) in [6, 6.07) is 20.2. The highest BCUT2D eigenvalue weighted by atomic mass is 35.5. The van der Waals surface area contributed by atoms with Crippen LogP contribution in [-0.4, -0.2) is 35.5 Å². The third kappa shape index (κ3) is 4.53. The minimum absolute atomic E-state index is 0.0993. The summed E-state index contributed by atoms with van der Waals surface area (Å²) in [6.45, 7) is -0.572. The smallest absolute Gasteiger partial charge is 0.343 e. The Morgan fingerprint density at radius 1 is 0.853 bits per heavy atom. The zero-order valence-corrected chi connectivity index (χ0v) is 18.3. The van der Waals surface area contributed by atoms with Gasteiger partial charge in [-0.05, 0) is 48.0 Å². The monoisotopic (exact) mass is 476 g/mol. The lowest BCUT2D eigenvalue weighted by Gasteiger charge is -2.33. The van der Waals surface area contributed by atoms with Gasteiger partial charge in [0.05, 0.1) is 16.4 Å². The van der Waals surface area contributed by atoms with Gasteiger partial charge in [-0.3, -0.25) is 9.59 Å². The fraction of sp³-hybridized carbons (Fsp3) is 0.0400. The second kappa shape index (κ2) is 9.60. The van der Waals surface area contributed by atoms with Crippen molar-refractivity contribution in [2.24, 2.45) is 0 Å². The van der Waals surface area contributed by atoms with Crippen molar-refractivity contribution >= 4 is 52.9 Å². The van der Waals surface area contributed by atoms with Crippen LogP contribution in [0.1, 0.15) is 5.56 Å². The Labute approximate surface area is 199 Å². The van der Waals surface area contributed by atoms with E-state index in [1.54, 1.807) is 60.7 Å². The first-order valence-electron chi connectivity index (χ1n) is 10.1. The Morgan fingerprint density at radius 3 is 1.85 bits per heavy atom. The molecule has 1 fully saturated rings. The molecular weight excluding hydrogens is 460 g/mol. The molecule has 170 valence electrons. The standard InChI is InChI=1S/C25H17ClN2O6/c26-20-14-16(11-12-21(20)34-15-22(29)30)13-19-23(31)27(17-7-3-1-4-8-17)25(33)28(24(19)32)18-9-5-2-6-10-18/h1-14H,15H2,(H,29,30). The molecule has 0 atom stereocenters. The van der Waals surface area contributed by atoms with Gasteiger partial charge in [-0.25, -0.2) is 19.4 Å². The van der Waals surface area contributed by atoms with E-state index in [1.807, 2.05) is 0 Å². The van der Waals surface area contributed by atoms with Gasteiger partial charge in [0.1, 0.15) is 11.3 Å². The fourth-order valence-electron chi connectivity index (χ4n) is 3.37. The number of hydrogen-bond donors (Lipinski definition) is 1. The summed E-state index contributed by atoms with van der Waals surface area (Å²) in [6.07, 6.45) is 1.33. The number of urea groups is 1. The summed E-state index contributed by atoms with van der Waals surface area (Å²) in [4.78, 5) is 52.5. The second-order valence-corrected chi connectivity index (χ2v) is 7.57. The lowest BCUT2D eigenvalue weighted by Crippen LogP contribution is -2.57. The van der Waals surface area contributed by atoms with Crippen molar-refractivity contribution in [3.05, 3.63) is 95.0 Å². The maximum absolute atomic E-state index is 13.3. The van der Waals surface area contributed by atoms with Gasteiger partial charge in [-0.2, -0.15) is 0 Å². The Kier molecular flexibility index (Phi) is 6.42. The largest absolute Gasteiger partial charge is 0.480 e. The predicted octanol–water partition coefficient (Wildman–Crippen LogP) is 4.39. The summed E-state index contributed by atoms with van der Waals surface area (Å²) in [5.74, 6) is -2.58. The molecule has 0 unspecified atom stereocenters. The number of rotatable bonds is 6. The molecule has 0 saturated carbocycles. The van der Waals surface area contributed by atoms with Crippen LogP contribution in [0.4, 0.5) is 16.2 Å². The van der Waals surface area contributed by atoms with Gasteiger partial charge in [0.25, 0.3) is 11.8 Å². The Hall–Kier alpha value is -4.43. The number of aliphatic carboxylic acids is 1. The minimum atomic E-state index is -1.16. The van der Waals surface area contributed by atoms with E-state index in [0.717, 1.165) is 9.80 Å². The average molecular weight is 477 g/mol. The molecule has 0 spiro atoms. The number of imide groups is 2. The molecule has 3 aromatic carbocycles. The van der Waals surface area contributed by atoms with Crippen LogP contribution in [-0.2, 0) is 14.4 Å². The second-order valence-electron chi connectivity index (χ2n) is 7.17. The number of hydrogen-bond acceptors (Lipinski definition) is 5. The normalized spacial score (nSPS) is 13.8. The molecule has 3 aromatic rings. The van der Waals surface area contributed by atoms with E-state index in [9.17, 15) is 19.2 Å². The molecular formula is C25H17ClN2O6. The number of halogens is 1. The Morgan fingerprint density at radius 2 is 1.38 bits per heavy atom. The quantitative estimate of drug-likeness (QED) is 0.418. The SMILES string of the molecule is O=C(O)COc1ccc(C=C2C(=O)N(c3ccccc3)C(=O)N(c3ccccc3)C2=O)cc1Cl. The van der Waals surface area contributed by atoms with Gasteiger partial charge in [0, 0.05) is 0 Å². The number of amides is 4. The summed E-state index contributed by atoms with van der Waals surface area (Å²) in [7, 11) is 0. The minimum Gasteiger partial charge on any atom is -0.480 e. The Balaban J connectivity index is 1.77. The lowest BCUT2D eigenvalue weighted by molar-refractivity contribution is -0.139. The van der Waals surface area contributed by atoms with Gasteiger partial charge in [0.15, 0.2) is 6.61 Å². The van der Waals surface area contributed by atoms with Crippen molar-refractivity contribution in [3.63, 3.8) is 0 Å². The first kappa shape index (κ1) is 22.8. The molecule has 1 saturated heterocycles. The van der Waals surface area contributed by atoms with Crippen LogP contribution in [0.5, 0.6) is 5.75 Å². The molecule has 4 amide bonds. The first-order chi connectivity index (χ1) is 16.4. The molecule has 0 bridgehead atoms. The first-order valence-corrected chi connectivity index (χ1v) is 10.4. The number of carboxylic acid groups (broad SMARTS) is 1. The van der Waals surface area contributed by atoms with Crippen LogP contribution in [0.15, 0.2) is 84.4 Å². The van der Waals surface area contributed by atoms with Crippen LogP contribution in [0.25, 0.3) is 6.08 Å². The van der Waals surface area contributed by atoms with E-state index in [1.165, 1.54) is 24.3 Å². The highest BCUT2D eigenvalue weighted by molar-refractivity contribution is 6.46. The van der Waals surface area contributed by atoms with Gasteiger partial charge in [0.2, 0.25) is 0 Å². The molecule has 1 heterocycles. The van der Waals surface area contributed by atoms with E-state index in [0.29, 0.717) is 16.9 Å². The third-order valence-corrected chi connectivity index (χ3v) is 5.19. The molecule has 4 rings (SSSR count). The van der Waals surface area contributed by atoms with Gasteiger partial charge < -0.3 is 9.84 Å². The molecule has 34 heavy (non-hydrogen) atoms. The summed E-state index contributed by atoms with van der Waals surface area (Å²) in [5.41, 5.74) is 0.766. The molecule has 1 N–H and O–H groups in total. The number of benzene rings is 3. The van der Waals surface area contributed by atoms with Crippen molar-refractivity contribution in [1.82, 2.24) is 0 Å². The number of nitrogens with zero attached hydrogens (tertiary/aromatic N) is 2. The number of ether oxygens (including phenoxy) is 1. The van der Waals surface area contributed by atoms with Crippen molar-refractivity contribution in [1.29, 1.82) is 0 Å². The van der Waals surface area contributed by atoms with Crippen LogP contribution in [0, 0.1) is 0 Å². The van der Waals surface area contributed by atoms with Crippen LogP contribution < -0.4 is 14.5 Å². The van der Waals surface area contributed by atoms with Gasteiger partial charge in [-0.1, -0.05) is 54.1 Å². The number of para-hydroxylation sites is 2. The topological polar surface area (TPSA) is 104 Å². The molecule has 8 nitrogen and oxygen atoms in total. The predicted molar refractivity (Wildman–Crippen MR) is 126 cm³/mol. The van der Waals surface area contributed by atoms with Crippen molar-refractivity contribution < 1.29 is 29.0 Å². The van der Waals surface area contributed by atoms with E-state index in [4.69, 9.17) is 21.4 Å². The maximum atomic E-state index is 13.3. The van der Waals surface area contributed by atoms with E-state index < -0.39 is 30.4 Å². The van der Waals surface area contributed by atoms with Gasteiger partial charge in [-0.15, -0.1) is 0 Å². The highest BCUT2D eigenvalue weighted by Crippen LogP contribution is 2.31. The highest BCUT2D eigenvalue weighted by Gasteiger charge is 2.43. The maximum Gasteiger partial charge on any atom is 0.343 e. The molecule has 0 aliphatic carbocycles. The number of carbonyl (C=O) groups is 4. The van der Waals surface area contributed by atoms with Crippen molar-refractivity contribution in [3.8, 4) is 5.75 Å². The lowest BCUT2D eigenvalue weighted by atomic mass is 10.0. The van der Waals surface area contributed by atoms with E-state index >= 15 is 0 Å². The molecule has 0 radical (unpaired) electrons. The van der Waals surface area contributed by atoms with Gasteiger partial charge >= 0.3 is 12.0 Å². The molecule has 9 heteroatoms. The molecule has 1 aliphatic rings. The fourth-order valence-corrected chi connectivity index (χ4v) is 3.61. The Bertz CT molecular complexity index is 1240. The van der Waals surface area contributed by atoms with E-state index in [-0.39, 0.29) is 16.3 Å². The van der Waals surface area contributed by atoms with Crippen molar-refractivity contribution in [2.45, 2.75) is 0 Å². The zero-order chi connectivity index (χ0) is 24.2. The molecule has 1 aliphatic heterocycles. The molecule has 0 aromatic heterocycles. The zero-order valence-electron chi connectivity index (χ0n) is 17.6. The number of carbonyl (C=O) groups excluding carboxylic acids is 3. The summed E-state index contributed by atoms with van der Waals surface area (Å²) in [5, 5.41) is 8.86. The number of anilines is 2. The van der Waals surface area contributed by atoms with Crippen molar-refractivity contribution in [2.75, 3.05) is 16.4 Å². The van der Waals surface area contributed by atoms with Crippen LogP contribution in [0.2, 0.25) is 5.02 Å². The number of carboxylic acids is 1. The summed E-state index contributed by atoms with van der Waals surface area (Å²) >= 11 is 6.18. The van der Waals surface area contributed by atoms with Crippen LogP contribution >= 0.6 is 11.6 Å². The van der Waals surface area contributed by atoms with Crippen LogP contribution in [0.3, 0.4) is 0 Å².